The number of rotatable bonds is 3. The van der Waals surface area contributed by atoms with Crippen molar-refractivity contribution in [3.8, 4) is 0 Å². The van der Waals surface area contributed by atoms with Crippen molar-refractivity contribution in [2.45, 2.75) is 44.9 Å². The molecule has 0 radical (unpaired) electrons. The predicted molar refractivity (Wildman–Crippen MR) is 69.1 cm³/mol. The Labute approximate surface area is 103 Å². The van der Waals surface area contributed by atoms with Crippen molar-refractivity contribution in [3.05, 3.63) is 17.6 Å². The molecule has 2 aliphatic carbocycles. The molecular formula is C14H21N3. The molecule has 2 aliphatic rings. The maximum absolute atomic E-state index is 4.75. The second-order valence-electron chi connectivity index (χ2n) is 5.49. The number of fused-ring (bicyclic) bond motifs is 2. The molecule has 3 unspecified atom stereocenters. The van der Waals surface area contributed by atoms with Crippen LogP contribution in [0.5, 0.6) is 0 Å². The minimum absolute atomic E-state index is 0.632. The molecule has 92 valence electrons. The number of nitrogens with one attached hydrogen (secondary N) is 1. The molecular weight excluding hydrogens is 210 g/mol. The van der Waals surface area contributed by atoms with E-state index in [9.17, 15) is 0 Å². The first kappa shape index (κ1) is 11.0. The van der Waals surface area contributed by atoms with Gasteiger partial charge in [-0.3, -0.25) is 0 Å². The fourth-order valence-electron chi connectivity index (χ4n) is 3.55. The molecule has 1 heterocycles. The first-order valence-electron chi connectivity index (χ1n) is 6.85. The summed E-state index contributed by atoms with van der Waals surface area (Å²) in [5, 5.41) is 3.16. The van der Waals surface area contributed by atoms with Crippen LogP contribution in [0.25, 0.3) is 0 Å². The minimum Gasteiger partial charge on any atom is -0.373 e. The zero-order chi connectivity index (χ0) is 11.8. The lowest BCUT2D eigenvalue weighted by atomic mass is 9.88. The van der Waals surface area contributed by atoms with E-state index in [1.54, 1.807) is 0 Å². The highest BCUT2D eigenvalue weighted by Crippen LogP contribution is 2.52. The van der Waals surface area contributed by atoms with Crippen molar-refractivity contribution in [3.63, 3.8) is 0 Å². The fourth-order valence-corrected chi connectivity index (χ4v) is 3.55. The van der Waals surface area contributed by atoms with E-state index in [-0.39, 0.29) is 0 Å². The Balaban J connectivity index is 1.91. The third-order valence-electron chi connectivity index (χ3n) is 4.48. The molecule has 0 amide bonds. The van der Waals surface area contributed by atoms with Gasteiger partial charge in [0.2, 0.25) is 0 Å². The minimum atomic E-state index is 0.632. The topological polar surface area (TPSA) is 37.8 Å². The van der Waals surface area contributed by atoms with Gasteiger partial charge >= 0.3 is 0 Å². The van der Waals surface area contributed by atoms with Gasteiger partial charge in [-0.05, 0) is 37.5 Å². The first-order chi connectivity index (χ1) is 8.30. The summed E-state index contributed by atoms with van der Waals surface area (Å²) in [6, 6.07) is 2.07. The van der Waals surface area contributed by atoms with Gasteiger partial charge < -0.3 is 5.32 Å². The lowest BCUT2D eigenvalue weighted by Gasteiger charge is -2.21. The molecule has 0 spiro atoms. The molecule has 3 nitrogen and oxygen atoms in total. The molecule has 0 aromatic carbocycles. The van der Waals surface area contributed by atoms with E-state index in [1.165, 1.54) is 31.4 Å². The van der Waals surface area contributed by atoms with Crippen molar-refractivity contribution in [1.82, 2.24) is 9.97 Å². The standard InChI is InChI=1S/C14H21N3/c1-3-11-8-13(15-2)17-14(16-11)12-7-9-4-5-10(12)6-9/h8-10,12H,3-7H2,1-2H3,(H,15,16,17). The summed E-state index contributed by atoms with van der Waals surface area (Å²) in [7, 11) is 1.94. The van der Waals surface area contributed by atoms with Gasteiger partial charge in [-0.25, -0.2) is 9.97 Å². The van der Waals surface area contributed by atoms with Crippen LogP contribution in [0.1, 0.15) is 50.0 Å². The molecule has 1 aromatic rings. The van der Waals surface area contributed by atoms with E-state index in [0.29, 0.717) is 5.92 Å². The van der Waals surface area contributed by atoms with E-state index in [4.69, 9.17) is 4.98 Å². The largest absolute Gasteiger partial charge is 0.373 e. The van der Waals surface area contributed by atoms with E-state index < -0.39 is 0 Å². The third-order valence-corrected chi connectivity index (χ3v) is 4.48. The van der Waals surface area contributed by atoms with Crippen LogP contribution < -0.4 is 5.32 Å². The van der Waals surface area contributed by atoms with Gasteiger partial charge in [0.05, 0.1) is 0 Å². The van der Waals surface area contributed by atoms with E-state index in [0.717, 1.165) is 29.9 Å². The summed E-state index contributed by atoms with van der Waals surface area (Å²) in [6.45, 7) is 2.16. The van der Waals surface area contributed by atoms with Crippen LogP contribution in [0.2, 0.25) is 0 Å². The Morgan fingerprint density at radius 2 is 2.18 bits per heavy atom. The van der Waals surface area contributed by atoms with Crippen LogP contribution in [-0.4, -0.2) is 17.0 Å². The van der Waals surface area contributed by atoms with Gasteiger partial charge in [0.25, 0.3) is 0 Å². The highest BCUT2D eigenvalue weighted by Gasteiger charge is 2.41. The van der Waals surface area contributed by atoms with Crippen molar-refractivity contribution in [2.75, 3.05) is 12.4 Å². The SMILES string of the molecule is CCc1cc(NC)nc(C2CC3CCC2C3)n1. The Morgan fingerprint density at radius 1 is 1.29 bits per heavy atom. The van der Waals surface area contributed by atoms with E-state index in [1.807, 2.05) is 7.05 Å². The Kier molecular flexibility index (Phi) is 2.77. The molecule has 1 aromatic heterocycles. The molecule has 0 saturated heterocycles. The molecule has 1 N–H and O–H groups in total. The second kappa shape index (κ2) is 4.28. The number of aryl methyl sites for hydroxylation is 1. The Hall–Kier alpha value is -1.12. The van der Waals surface area contributed by atoms with Crippen LogP contribution in [0.3, 0.4) is 0 Å². The zero-order valence-corrected chi connectivity index (χ0v) is 10.7. The Morgan fingerprint density at radius 3 is 2.76 bits per heavy atom. The van der Waals surface area contributed by atoms with Crippen LogP contribution >= 0.6 is 0 Å². The number of nitrogens with zero attached hydrogens (tertiary/aromatic N) is 2. The highest BCUT2D eigenvalue weighted by atomic mass is 15.0. The maximum atomic E-state index is 4.75. The maximum Gasteiger partial charge on any atom is 0.134 e. The lowest BCUT2D eigenvalue weighted by Crippen LogP contribution is -2.14. The highest BCUT2D eigenvalue weighted by molar-refractivity contribution is 5.36. The molecule has 3 heteroatoms. The summed E-state index contributed by atoms with van der Waals surface area (Å²) in [6.07, 6.45) is 6.56. The van der Waals surface area contributed by atoms with Crippen molar-refractivity contribution in [1.29, 1.82) is 0 Å². The number of aromatic nitrogens is 2. The van der Waals surface area contributed by atoms with E-state index >= 15 is 0 Å². The summed E-state index contributed by atoms with van der Waals surface area (Å²) in [5.74, 6) is 4.52. The number of hydrogen-bond acceptors (Lipinski definition) is 3. The van der Waals surface area contributed by atoms with Gasteiger partial charge in [0.1, 0.15) is 11.6 Å². The number of anilines is 1. The van der Waals surface area contributed by atoms with Gasteiger partial charge in [-0.1, -0.05) is 13.3 Å². The fraction of sp³-hybridized carbons (Fsp3) is 0.714. The molecule has 17 heavy (non-hydrogen) atoms. The van der Waals surface area contributed by atoms with Crippen molar-refractivity contribution >= 4 is 5.82 Å². The van der Waals surface area contributed by atoms with Gasteiger partial charge in [-0.15, -0.1) is 0 Å². The molecule has 3 rings (SSSR count). The number of hydrogen-bond donors (Lipinski definition) is 1. The lowest BCUT2D eigenvalue weighted by molar-refractivity contribution is 0.405. The molecule has 2 fully saturated rings. The smallest absolute Gasteiger partial charge is 0.134 e. The average molecular weight is 231 g/mol. The summed E-state index contributed by atoms with van der Waals surface area (Å²) in [4.78, 5) is 9.43. The molecule has 2 saturated carbocycles. The predicted octanol–water partition coefficient (Wildman–Crippen LogP) is 2.98. The van der Waals surface area contributed by atoms with Gasteiger partial charge in [0, 0.05) is 24.7 Å². The monoisotopic (exact) mass is 231 g/mol. The summed E-state index contributed by atoms with van der Waals surface area (Å²) in [5.41, 5.74) is 1.17. The van der Waals surface area contributed by atoms with Gasteiger partial charge in [-0.2, -0.15) is 0 Å². The third kappa shape index (κ3) is 1.92. The van der Waals surface area contributed by atoms with Crippen LogP contribution in [0, 0.1) is 11.8 Å². The van der Waals surface area contributed by atoms with Crippen LogP contribution in [-0.2, 0) is 6.42 Å². The average Bonchev–Trinajstić information content (AvgIpc) is 3.00. The second-order valence-corrected chi connectivity index (χ2v) is 5.49. The van der Waals surface area contributed by atoms with Crippen LogP contribution in [0.15, 0.2) is 6.07 Å². The molecule has 3 atom stereocenters. The molecule has 2 bridgehead atoms. The first-order valence-corrected chi connectivity index (χ1v) is 6.85. The van der Waals surface area contributed by atoms with Gasteiger partial charge in [0.15, 0.2) is 0 Å². The van der Waals surface area contributed by atoms with E-state index in [2.05, 4.69) is 23.3 Å². The summed E-state index contributed by atoms with van der Waals surface area (Å²) >= 11 is 0. The molecule has 0 aliphatic heterocycles. The van der Waals surface area contributed by atoms with Crippen LogP contribution in [0.4, 0.5) is 5.82 Å². The quantitative estimate of drug-likeness (QED) is 0.869. The zero-order valence-electron chi connectivity index (χ0n) is 10.7. The normalized spacial score (nSPS) is 30.8. The Bertz CT molecular complexity index is 394. The summed E-state index contributed by atoms with van der Waals surface area (Å²) < 4.78 is 0. The van der Waals surface area contributed by atoms with Crippen molar-refractivity contribution in [2.24, 2.45) is 11.8 Å². The van der Waals surface area contributed by atoms with Crippen molar-refractivity contribution < 1.29 is 0 Å².